The predicted molar refractivity (Wildman–Crippen MR) is 80.1 cm³/mol. The summed E-state index contributed by atoms with van der Waals surface area (Å²) in [6.45, 7) is 2.70. The second-order valence-electron chi connectivity index (χ2n) is 4.56. The highest BCUT2D eigenvalue weighted by molar-refractivity contribution is 5.92. The number of oxazole rings is 1. The van der Waals surface area contributed by atoms with Gasteiger partial charge in [0.25, 0.3) is 0 Å². The maximum atomic E-state index is 11.0. The first-order valence-electron chi connectivity index (χ1n) is 6.65. The van der Waals surface area contributed by atoms with E-state index in [1.165, 1.54) is 12.1 Å². The van der Waals surface area contributed by atoms with Gasteiger partial charge >= 0.3 is 12.0 Å². The molecule has 0 atom stereocenters. The molecule has 0 aliphatic rings. The molecule has 0 unspecified atom stereocenters. The number of anilines is 2. The number of hydrogen-bond donors (Lipinski definition) is 1. The average Bonchev–Trinajstić information content (AvgIpc) is 2.91. The van der Waals surface area contributed by atoms with Crippen LogP contribution in [0.1, 0.15) is 17.3 Å². The first-order valence-corrected chi connectivity index (χ1v) is 6.65. The van der Waals surface area contributed by atoms with Crippen molar-refractivity contribution in [3.8, 4) is 0 Å². The van der Waals surface area contributed by atoms with Crippen LogP contribution >= 0.6 is 0 Å². The maximum absolute atomic E-state index is 11.0. The van der Waals surface area contributed by atoms with Gasteiger partial charge in [-0.25, -0.2) is 4.79 Å². The zero-order chi connectivity index (χ0) is 14.8. The van der Waals surface area contributed by atoms with Crippen molar-refractivity contribution >= 4 is 28.8 Å². The average molecular weight is 282 g/mol. The second kappa shape index (κ2) is 5.28. The summed E-state index contributed by atoms with van der Waals surface area (Å²) < 4.78 is 5.72. The second-order valence-corrected chi connectivity index (χ2v) is 4.56. The summed E-state index contributed by atoms with van der Waals surface area (Å²) >= 11 is 0. The van der Waals surface area contributed by atoms with Crippen molar-refractivity contribution < 1.29 is 14.3 Å². The van der Waals surface area contributed by atoms with E-state index in [0.717, 1.165) is 5.69 Å². The van der Waals surface area contributed by atoms with E-state index in [2.05, 4.69) is 4.98 Å². The van der Waals surface area contributed by atoms with E-state index in [1.54, 1.807) is 6.07 Å². The molecule has 0 saturated heterocycles. The van der Waals surface area contributed by atoms with Crippen LogP contribution in [-0.4, -0.2) is 22.6 Å². The summed E-state index contributed by atoms with van der Waals surface area (Å²) in [6, 6.07) is 14.9. The molecule has 106 valence electrons. The van der Waals surface area contributed by atoms with Gasteiger partial charge in [-0.1, -0.05) is 18.2 Å². The fourth-order valence-electron chi connectivity index (χ4n) is 2.20. The van der Waals surface area contributed by atoms with Gasteiger partial charge in [0.2, 0.25) is 0 Å². The lowest BCUT2D eigenvalue weighted by Crippen LogP contribution is -2.15. The molecule has 1 heterocycles. The molecular weight excluding hydrogens is 268 g/mol. The van der Waals surface area contributed by atoms with Crippen molar-refractivity contribution in [1.29, 1.82) is 0 Å². The number of aromatic nitrogens is 1. The lowest BCUT2D eigenvalue weighted by molar-refractivity contribution is 0.0697. The van der Waals surface area contributed by atoms with Crippen LogP contribution in [0.25, 0.3) is 11.1 Å². The van der Waals surface area contributed by atoms with Crippen LogP contribution in [-0.2, 0) is 0 Å². The van der Waals surface area contributed by atoms with E-state index in [4.69, 9.17) is 9.52 Å². The minimum atomic E-state index is -0.981. The number of hydrogen-bond acceptors (Lipinski definition) is 4. The highest BCUT2D eigenvalue weighted by Crippen LogP contribution is 2.28. The quantitative estimate of drug-likeness (QED) is 0.790. The van der Waals surface area contributed by atoms with Crippen LogP contribution in [0, 0.1) is 0 Å². The van der Waals surface area contributed by atoms with Gasteiger partial charge in [0.15, 0.2) is 5.58 Å². The summed E-state index contributed by atoms with van der Waals surface area (Å²) in [7, 11) is 0. The number of rotatable bonds is 4. The fourth-order valence-corrected chi connectivity index (χ4v) is 2.20. The van der Waals surface area contributed by atoms with E-state index in [1.807, 2.05) is 42.2 Å². The lowest BCUT2D eigenvalue weighted by Gasteiger charge is -2.17. The van der Waals surface area contributed by atoms with Gasteiger partial charge < -0.3 is 9.52 Å². The van der Waals surface area contributed by atoms with Crippen LogP contribution in [0.15, 0.2) is 52.9 Å². The molecule has 3 aromatic rings. The van der Waals surface area contributed by atoms with Crippen LogP contribution in [0.4, 0.5) is 11.7 Å². The standard InChI is InChI=1S/C16H14N2O3/c1-2-18(12-6-4-3-5-7-12)16-17-13-9-8-11(15(19)20)10-14(13)21-16/h3-10H,2H2,1H3,(H,19,20). The number of carboxylic acids is 1. The number of carbonyl (C=O) groups is 1. The molecule has 5 heteroatoms. The zero-order valence-corrected chi connectivity index (χ0v) is 11.5. The molecule has 0 spiro atoms. The van der Waals surface area contributed by atoms with Gasteiger partial charge in [-0.2, -0.15) is 4.98 Å². The number of carboxylic acid groups (broad SMARTS) is 1. The molecule has 0 bridgehead atoms. The van der Waals surface area contributed by atoms with Crippen LogP contribution in [0.2, 0.25) is 0 Å². The zero-order valence-electron chi connectivity index (χ0n) is 11.5. The molecule has 21 heavy (non-hydrogen) atoms. The molecule has 2 aromatic carbocycles. The summed E-state index contributed by atoms with van der Waals surface area (Å²) in [5.41, 5.74) is 2.28. The molecule has 0 radical (unpaired) electrons. The molecular formula is C16H14N2O3. The minimum Gasteiger partial charge on any atom is -0.478 e. The lowest BCUT2D eigenvalue weighted by atomic mass is 10.2. The smallest absolute Gasteiger partial charge is 0.335 e. The number of fused-ring (bicyclic) bond motifs is 1. The van der Waals surface area contributed by atoms with Crippen molar-refractivity contribution in [2.75, 3.05) is 11.4 Å². The van der Waals surface area contributed by atoms with Crippen LogP contribution < -0.4 is 4.90 Å². The number of aromatic carboxylic acids is 1. The Morgan fingerprint density at radius 3 is 2.67 bits per heavy atom. The minimum absolute atomic E-state index is 0.188. The molecule has 0 amide bonds. The van der Waals surface area contributed by atoms with Crippen LogP contribution in [0.3, 0.4) is 0 Å². The van der Waals surface area contributed by atoms with Gasteiger partial charge in [0, 0.05) is 12.2 Å². The third-order valence-corrected chi connectivity index (χ3v) is 3.24. The Hall–Kier alpha value is -2.82. The van der Waals surface area contributed by atoms with Crippen molar-refractivity contribution in [1.82, 2.24) is 4.98 Å². The monoisotopic (exact) mass is 282 g/mol. The molecule has 1 aromatic heterocycles. The summed E-state index contributed by atoms with van der Waals surface area (Å²) in [5, 5.41) is 9.01. The van der Waals surface area contributed by atoms with Crippen molar-refractivity contribution in [2.24, 2.45) is 0 Å². The largest absolute Gasteiger partial charge is 0.478 e. The molecule has 5 nitrogen and oxygen atoms in total. The van der Waals surface area contributed by atoms with Gasteiger partial charge in [-0.3, -0.25) is 4.90 Å². The van der Waals surface area contributed by atoms with Crippen molar-refractivity contribution in [3.63, 3.8) is 0 Å². The van der Waals surface area contributed by atoms with Gasteiger partial charge in [-0.05, 0) is 37.3 Å². The molecule has 1 N–H and O–H groups in total. The Kier molecular flexibility index (Phi) is 3.31. The highest BCUT2D eigenvalue weighted by atomic mass is 16.4. The van der Waals surface area contributed by atoms with E-state index in [0.29, 0.717) is 23.7 Å². The topological polar surface area (TPSA) is 66.6 Å². The summed E-state index contributed by atoms with van der Waals surface area (Å²) in [6.07, 6.45) is 0. The molecule has 0 fully saturated rings. The predicted octanol–water partition coefficient (Wildman–Crippen LogP) is 3.68. The van der Waals surface area contributed by atoms with E-state index in [9.17, 15) is 4.79 Å². The number of benzene rings is 2. The Bertz CT molecular complexity index is 781. The summed E-state index contributed by atoms with van der Waals surface area (Å²) in [5.74, 6) is -0.981. The fraction of sp³-hybridized carbons (Fsp3) is 0.125. The highest BCUT2D eigenvalue weighted by Gasteiger charge is 2.15. The Morgan fingerprint density at radius 1 is 1.24 bits per heavy atom. The normalized spacial score (nSPS) is 10.7. The number of nitrogens with zero attached hydrogens (tertiary/aromatic N) is 2. The van der Waals surface area contributed by atoms with Gasteiger partial charge in [0.1, 0.15) is 5.52 Å². The Labute approximate surface area is 121 Å². The Balaban J connectivity index is 2.05. The van der Waals surface area contributed by atoms with E-state index >= 15 is 0 Å². The van der Waals surface area contributed by atoms with Crippen LogP contribution in [0.5, 0.6) is 0 Å². The van der Waals surface area contributed by atoms with Crippen molar-refractivity contribution in [2.45, 2.75) is 6.92 Å². The number of para-hydroxylation sites is 1. The van der Waals surface area contributed by atoms with E-state index < -0.39 is 5.97 Å². The first-order chi connectivity index (χ1) is 10.2. The maximum Gasteiger partial charge on any atom is 0.335 e. The van der Waals surface area contributed by atoms with Gasteiger partial charge in [-0.15, -0.1) is 0 Å². The third-order valence-electron chi connectivity index (χ3n) is 3.24. The Morgan fingerprint density at radius 2 is 2.00 bits per heavy atom. The molecule has 0 aliphatic heterocycles. The molecule has 0 aliphatic carbocycles. The van der Waals surface area contributed by atoms with E-state index in [-0.39, 0.29) is 5.56 Å². The summed E-state index contributed by atoms with van der Waals surface area (Å²) in [4.78, 5) is 17.3. The molecule has 0 saturated carbocycles. The van der Waals surface area contributed by atoms with Crippen molar-refractivity contribution in [3.05, 3.63) is 54.1 Å². The first kappa shape index (κ1) is 13.2. The molecule has 3 rings (SSSR count). The SMILES string of the molecule is CCN(c1ccccc1)c1nc2ccc(C(=O)O)cc2o1. The third kappa shape index (κ3) is 2.45. The van der Waals surface area contributed by atoms with Gasteiger partial charge in [0.05, 0.1) is 5.56 Å².